The number of hydrogen-bond donors (Lipinski definition) is 1. The second-order valence-electron chi connectivity index (χ2n) is 7.76. The standard InChI is InChI=1S/C26H16Cl2N4O2S/c27-20-11-17-22(12-21(20)28)35-14-19-23(31-32(24(17)19)16-9-5-2-6-10-16)25(33)18(13-29)26(34)30-15-7-3-1-4-8-15/h1-12,18H,14H2,(H,30,34). The van der Waals surface area contributed by atoms with Crippen molar-refractivity contribution >= 4 is 52.3 Å². The van der Waals surface area contributed by atoms with Gasteiger partial charge in [0.1, 0.15) is 5.69 Å². The Morgan fingerprint density at radius 2 is 1.69 bits per heavy atom. The van der Waals surface area contributed by atoms with Crippen molar-refractivity contribution in [2.45, 2.75) is 10.6 Å². The van der Waals surface area contributed by atoms with Crippen molar-refractivity contribution in [3.05, 3.63) is 94.1 Å². The van der Waals surface area contributed by atoms with E-state index in [-0.39, 0.29) is 5.69 Å². The van der Waals surface area contributed by atoms with Gasteiger partial charge < -0.3 is 5.32 Å². The topological polar surface area (TPSA) is 87.8 Å². The number of fused-ring (bicyclic) bond motifs is 3. The summed E-state index contributed by atoms with van der Waals surface area (Å²) in [5, 5.41) is 17.8. The molecule has 0 fully saturated rings. The summed E-state index contributed by atoms with van der Waals surface area (Å²) in [7, 11) is 0. The predicted octanol–water partition coefficient (Wildman–Crippen LogP) is 6.41. The first-order valence-corrected chi connectivity index (χ1v) is 12.3. The molecule has 35 heavy (non-hydrogen) atoms. The molecular formula is C26H16Cl2N4O2S. The number of carbonyl (C=O) groups is 2. The van der Waals surface area contributed by atoms with Gasteiger partial charge in [-0.2, -0.15) is 10.4 Å². The van der Waals surface area contributed by atoms with Crippen LogP contribution in [0.2, 0.25) is 10.0 Å². The quantitative estimate of drug-likeness (QED) is 0.243. The number of anilines is 1. The van der Waals surface area contributed by atoms with Gasteiger partial charge in [-0.1, -0.05) is 59.6 Å². The molecule has 2 heterocycles. The zero-order valence-corrected chi connectivity index (χ0v) is 20.4. The Bertz CT molecular complexity index is 1500. The second kappa shape index (κ2) is 9.59. The Labute approximate surface area is 215 Å². The summed E-state index contributed by atoms with van der Waals surface area (Å²) in [6.07, 6.45) is 0. The monoisotopic (exact) mass is 518 g/mol. The molecule has 1 aromatic heterocycles. The zero-order chi connectivity index (χ0) is 24.5. The molecule has 1 N–H and O–H groups in total. The van der Waals surface area contributed by atoms with Gasteiger partial charge in [-0.3, -0.25) is 9.59 Å². The molecule has 1 aliphatic heterocycles. The maximum atomic E-state index is 13.5. The van der Waals surface area contributed by atoms with Crippen molar-refractivity contribution in [3.8, 4) is 23.0 Å². The lowest BCUT2D eigenvalue weighted by atomic mass is 9.97. The highest BCUT2D eigenvalue weighted by Gasteiger charge is 2.36. The van der Waals surface area contributed by atoms with E-state index >= 15 is 0 Å². The van der Waals surface area contributed by atoms with Gasteiger partial charge >= 0.3 is 0 Å². The summed E-state index contributed by atoms with van der Waals surface area (Å²) in [5.74, 6) is -2.49. The van der Waals surface area contributed by atoms with E-state index in [9.17, 15) is 14.9 Å². The molecule has 0 radical (unpaired) electrons. The number of nitrogens with one attached hydrogen (secondary N) is 1. The molecule has 1 unspecified atom stereocenters. The number of halogens is 2. The summed E-state index contributed by atoms with van der Waals surface area (Å²) in [6, 6.07) is 23.4. The molecule has 3 aromatic carbocycles. The number of thioether (sulfide) groups is 1. The van der Waals surface area contributed by atoms with Crippen molar-refractivity contribution < 1.29 is 9.59 Å². The molecule has 5 rings (SSSR count). The van der Waals surface area contributed by atoms with Crippen molar-refractivity contribution in [3.63, 3.8) is 0 Å². The average molecular weight is 519 g/mol. The van der Waals surface area contributed by atoms with Crippen LogP contribution >= 0.6 is 35.0 Å². The smallest absolute Gasteiger partial charge is 0.249 e. The van der Waals surface area contributed by atoms with Gasteiger partial charge in [0.05, 0.1) is 27.5 Å². The van der Waals surface area contributed by atoms with Crippen LogP contribution < -0.4 is 5.32 Å². The van der Waals surface area contributed by atoms with Crippen molar-refractivity contribution in [1.29, 1.82) is 5.26 Å². The number of aromatic nitrogens is 2. The molecule has 1 atom stereocenters. The Morgan fingerprint density at radius 1 is 1.03 bits per heavy atom. The fourth-order valence-electron chi connectivity index (χ4n) is 3.91. The van der Waals surface area contributed by atoms with Gasteiger partial charge in [-0.05, 0) is 36.4 Å². The predicted molar refractivity (Wildman–Crippen MR) is 137 cm³/mol. The molecule has 1 amide bonds. The van der Waals surface area contributed by atoms with E-state index in [1.807, 2.05) is 36.4 Å². The highest BCUT2D eigenvalue weighted by Crippen LogP contribution is 2.46. The molecule has 172 valence electrons. The maximum Gasteiger partial charge on any atom is 0.249 e. The maximum absolute atomic E-state index is 13.5. The molecule has 0 bridgehead atoms. The van der Waals surface area contributed by atoms with Crippen LogP contribution in [-0.4, -0.2) is 21.5 Å². The van der Waals surface area contributed by atoms with Gasteiger partial charge in [0.15, 0.2) is 5.92 Å². The summed E-state index contributed by atoms with van der Waals surface area (Å²) in [5.41, 5.74) is 3.42. The summed E-state index contributed by atoms with van der Waals surface area (Å²) >= 11 is 14.1. The molecular weight excluding hydrogens is 503 g/mol. The highest BCUT2D eigenvalue weighted by atomic mass is 35.5. The van der Waals surface area contributed by atoms with Crippen LogP contribution in [0.4, 0.5) is 5.69 Å². The average Bonchev–Trinajstić information content (AvgIpc) is 3.26. The van der Waals surface area contributed by atoms with Crippen LogP contribution in [0, 0.1) is 17.2 Å². The number of amides is 1. The van der Waals surface area contributed by atoms with Crippen LogP contribution in [0.1, 0.15) is 16.1 Å². The number of benzene rings is 3. The number of nitriles is 1. The van der Waals surface area contributed by atoms with Gasteiger partial charge in [0, 0.05) is 27.5 Å². The first kappa shape index (κ1) is 23.2. The SMILES string of the molecule is N#CC(C(=O)Nc1ccccc1)C(=O)c1nn(-c2ccccc2)c2c1CSc1cc(Cl)c(Cl)cc1-2. The van der Waals surface area contributed by atoms with Crippen LogP contribution in [0.5, 0.6) is 0 Å². The van der Waals surface area contributed by atoms with E-state index < -0.39 is 17.6 Å². The Kier molecular flexibility index (Phi) is 6.35. The van der Waals surface area contributed by atoms with Gasteiger partial charge in [-0.25, -0.2) is 4.68 Å². The minimum absolute atomic E-state index is 0.0860. The Morgan fingerprint density at radius 3 is 2.37 bits per heavy atom. The molecule has 4 aromatic rings. The fourth-order valence-corrected chi connectivity index (χ4v) is 5.39. The minimum Gasteiger partial charge on any atom is -0.325 e. The van der Waals surface area contributed by atoms with E-state index in [1.165, 1.54) is 11.8 Å². The van der Waals surface area contributed by atoms with E-state index in [4.69, 9.17) is 23.2 Å². The number of rotatable bonds is 5. The molecule has 0 saturated heterocycles. The molecule has 1 aliphatic rings. The lowest BCUT2D eigenvalue weighted by Gasteiger charge is -2.19. The van der Waals surface area contributed by atoms with E-state index in [1.54, 1.807) is 47.1 Å². The lowest BCUT2D eigenvalue weighted by molar-refractivity contribution is -0.117. The van der Waals surface area contributed by atoms with Crippen LogP contribution in [-0.2, 0) is 10.5 Å². The molecule has 9 heteroatoms. The minimum atomic E-state index is -1.56. The first-order valence-electron chi connectivity index (χ1n) is 10.6. The van der Waals surface area contributed by atoms with Crippen molar-refractivity contribution in [1.82, 2.24) is 9.78 Å². The molecule has 0 aliphatic carbocycles. The van der Waals surface area contributed by atoms with Crippen LogP contribution in [0.25, 0.3) is 16.9 Å². The third kappa shape index (κ3) is 4.32. The third-order valence-electron chi connectivity index (χ3n) is 5.56. The number of ketones is 1. The molecule has 0 saturated carbocycles. The number of para-hydroxylation sites is 2. The van der Waals surface area contributed by atoms with Gasteiger partial charge in [0.25, 0.3) is 0 Å². The Hall–Kier alpha value is -3.57. The summed E-state index contributed by atoms with van der Waals surface area (Å²) < 4.78 is 1.66. The number of hydrogen-bond acceptors (Lipinski definition) is 5. The summed E-state index contributed by atoms with van der Waals surface area (Å²) in [6.45, 7) is 0. The van der Waals surface area contributed by atoms with Crippen LogP contribution in [0.15, 0.2) is 77.7 Å². The first-order chi connectivity index (χ1) is 17.0. The third-order valence-corrected chi connectivity index (χ3v) is 7.37. The lowest BCUT2D eigenvalue weighted by Crippen LogP contribution is -2.29. The number of Topliss-reactive ketones (excluding diaryl/α,β-unsaturated/α-hetero) is 1. The van der Waals surface area contributed by atoms with Gasteiger partial charge in [0.2, 0.25) is 11.7 Å². The normalized spacial score (nSPS) is 12.7. The molecule has 6 nitrogen and oxygen atoms in total. The highest BCUT2D eigenvalue weighted by molar-refractivity contribution is 7.98. The van der Waals surface area contributed by atoms with Crippen molar-refractivity contribution in [2.24, 2.45) is 5.92 Å². The number of nitrogens with zero attached hydrogens (tertiary/aromatic N) is 3. The Balaban J connectivity index is 1.62. The zero-order valence-electron chi connectivity index (χ0n) is 18.0. The van der Waals surface area contributed by atoms with Crippen molar-refractivity contribution in [2.75, 3.05) is 5.32 Å². The number of carbonyl (C=O) groups excluding carboxylic acids is 2. The fraction of sp³-hybridized carbons (Fsp3) is 0.0769. The molecule has 0 spiro atoms. The van der Waals surface area contributed by atoms with E-state index in [0.717, 1.165) is 16.1 Å². The van der Waals surface area contributed by atoms with Gasteiger partial charge in [-0.15, -0.1) is 11.8 Å². The largest absolute Gasteiger partial charge is 0.325 e. The van der Waals surface area contributed by atoms with E-state index in [0.29, 0.717) is 32.7 Å². The van der Waals surface area contributed by atoms with Crippen LogP contribution in [0.3, 0.4) is 0 Å². The van der Waals surface area contributed by atoms with E-state index in [2.05, 4.69) is 10.4 Å². The second-order valence-corrected chi connectivity index (χ2v) is 9.59. The summed E-state index contributed by atoms with van der Waals surface area (Å²) in [4.78, 5) is 27.3.